The maximum absolute atomic E-state index is 11.6. The number of carbonyl (C=O) groups excluding carboxylic acids is 7. The van der Waals surface area contributed by atoms with E-state index in [-0.39, 0.29) is 65.8 Å². The van der Waals surface area contributed by atoms with Crippen molar-refractivity contribution in [3.8, 4) is 0 Å². The third-order valence-electron chi connectivity index (χ3n) is 6.15. The molecular formula is C36H36Cl4FNO10. The van der Waals surface area contributed by atoms with Gasteiger partial charge in [0.2, 0.25) is 0 Å². The first kappa shape index (κ1) is 47.5. The van der Waals surface area contributed by atoms with Crippen LogP contribution >= 0.6 is 46.4 Å². The van der Waals surface area contributed by atoms with Crippen molar-refractivity contribution >= 4 is 94.1 Å². The topological polar surface area (TPSA) is 161 Å². The second-order valence-electron chi connectivity index (χ2n) is 9.68. The second kappa shape index (κ2) is 26.3. The molecule has 0 saturated carbocycles. The Kier molecular flexibility index (Phi) is 24.1. The van der Waals surface area contributed by atoms with Crippen LogP contribution in [0.3, 0.4) is 0 Å². The van der Waals surface area contributed by atoms with Gasteiger partial charge in [-0.05, 0) is 49.8 Å². The summed E-state index contributed by atoms with van der Waals surface area (Å²) in [6.45, 7) is 3.69. The highest BCUT2D eigenvalue weighted by atomic mass is 35.5. The number of fused-ring (bicyclic) bond motifs is 1. The molecule has 11 nitrogen and oxygen atoms in total. The molecule has 1 N–H and O–H groups in total. The first-order valence-electron chi connectivity index (χ1n) is 15.1. The number of rotatable bonds is 12. The van der Waals surface area contributed by atoms with Crippen LogP contribution in [0.5, 0.6) is 0 Å². The van der Waals surface area contributed by atoms with Gasteiger partial charge in [-0.3, -0.25) is 38.4 Å². The number of esters is 2. The summed E-state index contributed by atoms with van der Waals surface area (Å²) in [5, 5.41) is 9.65. The van der Waals surface area contributed by atoms with Gasteiger partial charge >= 0.3 is 11.9 Å². The number of nitrogens with zero attached hydrogens (tertiary/aromatic N) is 1. The molecule has 0 aliphatic carbocycles. The maximum atomic E-state index is 11.6. The van der Waals surface area contributed by atoms with E-state index in [9.17, 15) is 33.6 Å². The number of halogens is 5. The van der Waals surface area contributed by atoms with E-state index in [1.54, 1.807) is 86.6 Å². The number of hydrogen-bond donors (Lipinski definition) is 1. The monoisotopic (exact) mass is 801 g/mol. The molecule has 1 aliphatic heterocycles. The average Bonchev–Trinajstić information content (AvgIpc) is 3.37. The van der Waals surface area contributed by atoms with Crippen LogP contribution in [0.15, 0.2) is 78.4 Å². The van der Waals surface area contributed by atoms with Crippen molar-refractivity contribution < 1.29 is 52.8 Å². The molecule has 0 bridgehead atoms. The van der Waals surface area contributed by atoms with Crippen LogP contribution in [-0.4, -0.2) is 89.7 Å². The minimum atomic E-state index is -0.692. The molecule has 3 aromatic carbocycles. The lowest BCUT2D eigenvalue weighted by molar-refractivity contribution is -0.145. The Balaban J connectivity index is 0.000000687. The van der Waals surface area contributed by atoms with Crippen LogP contribution in [0.2, 0.25) is 10.0 Å². The number of β-amino-alcohol motifs (C(OH)–C–C–N with tert-alkyl or cyclic N) is 1. The summed E-state index contributed by atoms with van der Waals surface area (Å²) < 4.78 is 9.31. The minimum absolute atomic E-state index is 0. The van der Waals surface area contributed by atoms with Gasteiger partial charge in [-0.25, -0.2) is 4.79 Å². The SMILES string of the molecule is CCOC(=O)/C(=C\c1ccccc1Cl)C(=O)CCl.CCOC(=O)CC(=O)CCl.F.O=C1c2ccccc2C(=O)N1CCO.O=Cc1ccccc1Cl. The normalized spacial score (nSPS) is 11.1. The van der Waals surface area contributed by atoms with E-state index in [2.05, 4.69) is 4.74 Å². The van der Waals surface area contributed by atoms with E-state index >= 15 is 0 Å². The number of aldehydes is 1. The molecule has 0 aromatic heterocycles. The van der Waals surface area contributed by atoms with Gasteiger partial charge in [0.05, 0.1) is 54.3 Å². The summed E-state index contributed by atoms with van der Waals surface area (Å²) >= 11 is 22.2. The number of aliphatic hydroxyl groups is 1. The molecule has 1 heterocycles. The highest BCUT2D eigenvalue weighted by Gasteiger charge is 2.34. The van der Waals surface area contributed by atoms with Crippen molar-refractivity contribution in [3.05, 3.63) is 111 Å². The van der Waals surface area contributed by atoms with Crippen LogP contribution < -0.4 is 0 Å². The molecule has 3 aromatic rings. The van der Waals surface area contributed by atoms with Crippen LogP contribution in [0.25, 0.3) is 6.08 Å². The number of benzene rings is 3. The van der Waals surface area contributed by atoms with E-state index in [0.29, 0.717) is 38.9 Å². The Morgan fingerprint density at radius 2 is 1.23 bits per heavy atom. The number of aliphatic hydroxyl groups excluding tert-OH is 1. The standard InChI is InChI=1S/C13H12Cl2O3.C10H9NO3.C7H5ClO.C6H9ClO3.FH/c1-2-18-13(17)10(12(16)8-14)7-9-5-3-4-6-11(9)15;12-6-5-11-9(13)7-3-1-2-4-8(7)10(11)14;8-7-4-2-1-3-6(7)5-9;1-2-10-6(9)3-5(8)4-7;/h3-7H,2,8H2,1H3;1-4,12H,5-6H2;1-5H;2-4H2,1H3;1H/b10-7-;;;;. The molecule has 1 aliphatic rings. The number of Topliss-reactive ketones (excluding diaryl/α,β-unsaturated/α-hetero) is 2. The Morgan fingerprint density at radius 3 is 1.63 bits per heavy atom. The molecule has 16 heteroatoms. The van der Waals surface area contributed by atoms with Crippen LogP contribution in [0.4, 0.5) is 4.70 Å². The van der Waals surface area contributed by atoms with Crippen molar-refractivity contribution in [1.29, 1.82) is 0 Å². The van der Waals surface area contributed by atoms with Crippen LogP contribution in [-0.2, 0) is 28.7 Å². The summed E-state index contributed by atoms with van der Waals surface area (Å²) in [7, 11) is 0. The zero-order chi connectivity index (χ0) is 38.3. The summed E-state index contributed by atoms with van der Waals surface area (Å²) in [4.78, 5) is 78.6. The largest absolute Gasteiger partial charge is 0.466 e. The lowest BCUT2D eigenvalue weighted by Gasteiger charge is -2.10. The van der Waals surface area contributed by atoms with Gasteiger partial charge in [0.15, 0.2) is 17.9 Å². The number of ether oxygens (including phenoxy) is 2. The van der Waals surface area contributed by atoms with Crippen molar-refractivity contribution in [2.45, 2.75) is 20.3 Å². The van der Waals surface area contributed by atoms with E-state index in [0.717, 1.165) is 11.2 Å². The zero-order valence-corrected chi connectivity index (χ0v) is 31.0. The predicted molar refractivity (Wildman–Crippen MR) is 197 cm³/mol. The van der Waals surface area contributed by atoms with E-state index in [1.165, 1.54) is 6.08 Å². The van der Waals surface area contributed by atoms with Gasteiger partial charge in [-0.1, -0.05) is 71.7 Å². The molecule has 280 valence electrons. The number of hydrogen-bond acceptors (Lipinski definition) is 10. The lowest BCUT2D eigenvalue weighted by atomic mass is 10.1. The summed E-state index contributed by atoms with van der Waals surface area (Å²) in [5.41, 5.74) is 1.86. The number of amides is 2. The van der Waals surface area contributed by atoms with Gasteiger partial charge in [0.1, 0.15) is 12.0 Å². The van der Waals surface area contributed by atoms with Crippen molar-refractivity contribution in [3.63, 3.8) is 0 Å². The predicted octanol–water partition coefficient (Wildman–Crippen LogP) is 6.42. The quantitative estimate of drug-likeness (QED) is 0.0412. The molecule has 0 atom stereocenters. The smallest absolute Gasteiger partial charge is 0.341 e. The number of ketones is 2. The van der Waals surface area contributed by atoms with E-state index < -0.39 is 17.7 Å². The summed E-state index contributed by atoms with van der Waals surface area (Å²) in [5.74, 6) is -3.04. The highest BCUT2D eigenvalue weighted by Crippen LogP contribution is 2.22. The lowest BCUT2D eigenvalue weighted by Crippen LogP contribution is -2.32. The third-order valence-corrected chi connectivity index (χ3v) is 7.38. The molecular weight excluding hydrogens is 767 g/mol. The Morgan fingerprint density at radius 1 is 0.750 bits per heavy atom. The molecule has 0 unspecified atom stereocenters. The first-order valence-corrected chi connectivity index (χ1v) is 16.9. The Labute approximate surface area is 319 Å². The fraction of sp³-hybridized carbons (Fsp3) is 0.250. The van der Waals surface area contributed by atoms with Gasteiger partial charge in [-0.2, -0.15) is 0 Å². The zero-order valence-electron chi connectivity index (χ0n) is 28.0. The second-order valence-corrected chi connectivity index (χ2v) is 11.0. The number of alkyl halides is 2. The summed E-state index contributed by atoms with van der Waals surface area (Å²) in [6.07, 6.45) is 1.92. The Bertz CT molecular complexity index is 1680. The molecule has 0 spiro atoms. The molecule has 4 rings (SSSR count). The maximum Gasteiger partial charge on any atom is 0.341 e. The van der Waals surface area contributed by atoms with Crippen molar-refractivity contribution in [1.82, 2.24) is 4.90 Å². The van der Waals surface area contributed by atoms with Gasteiger partial charge in [0, 0.05) is 10.6 Å². The van der Waals surface area contributed by atoms with E-state index in [4.69, 9.17) is 56.2 Å². The molecule has 2 amide bonds. The van der Waals surface area contributed by atoms with Crippen molar-refractivity contribution in [2.75, 3.05) is 38.1 Å². The molecule has 52 heavy (non-hydrogen) atoms. The molecule has 0 fully saturated rings. The molecule has 0 saturated heterocycles. The first-order chi connectivity index (χ1) is 24.4. The van der Waals surface area contributed by atoms with Gasteiger partial charge < -0.3 is 14.6 Å². The average molecular weight is 803 g/mol. The van der Waals surface area contributed by atoms with Crippen molar-refractivity contribution in [2.24, 2.45) is 0 Å². The number of carbonyl (C=O) groups is 7. The fourth-order valence-electron chi connectivity index (χ4n) is 3.81. The number of imide groups is 1. The third kappa shape index (κ3) is 15.8. The molecule has 0 radical (unpaired) electrons. The fourth-order valence-corrected chi connectivity index (χ4v) is 4.42. The van der Waals surface area contributed by atoms with Crippen LogP contribution in [0.1, 0.15) is 56.9 Å². The van der Waals surface area contributed by atoms with Gasteiger partial charge in [-0.15, -0.1) is 23.2 Å². The Hall–Kier alpha value is -4.46. The minimum Gasteiger partial charge on any atom is -0.466 e. The van der Waals surface area contributed by atoms with E-state index in [1.807, 2.05) is 0 Å². The van der Waals surface area contributed by atoms with Gasteiger partial charge in [0.25, 0.3) is 11.8 Å². The highest BCUT2D eigenvalue weighted by molar-refractivity contribution is 6.36. The summed E-state index contributed by atoms with van der Waals surface area (Å²) in [6, 6.07) is 20.5. The van der Waals surface area contributed by atoms with Crippen LogP contribution in [0, 0.1) is 0 Å².